The van der Waals surface area contributed by atoms with Gasteiger partial charge in [0.25, 0.3) is 0 Å². The van der Waals surface area contributed by atoms with Gasteiger partial charge in [0.15, 0.2) is 5.11 Å². The maximum Gasteiger partial charge on any atom is 0.171 e. The summed E-state index contributed by atoms with van der Waals surface area (Å²) in [7, 11) is 0.808. The van der Waals surface area contributed by atoms with E-state index in [4.69, 9.17) is 17.0 Å². The number of thiocarbonyl (C=S) groups is 1. The van der Waals surface area contributed by atoms with E-state index in [1.807, 2.05) is 24.3 Å². The topological polar surface area (TPSA) is 33.3 Å². The van der Waals surface area contributed by atoms with Crippen LogP contribution in [0.4, 0.5) is 5.69 Å². The van der Waals surface area contributed by atoms with Crippen LogP contribution in [-0.4, -0.2) is 12.2 Å². The number of anilines is 1. The van der Waals surface area contributed by atoms with Crippen molar-refractivity contribution in [2.45, 2.75) is 6.54 Å². The molecule has 0 aliphatic rings. The Balaban J connectivity index is 1.43. The van der Waals surface area contributed by atoms with Crippen molar-refractivity contribution in [2.24, 2.45) is 0 Å². The van der Waals surface area contributed by atoms with Crippen LogP contribution in [0.2, 0.25) is 0 Å². The third kappa shape index (κ3) is 5.98. The van der Waals surface area contributed by atoms with E-state index in [0.29, 0.717) is 11.7 Å². The number of rotatable bonds is 8. The van der Waals surface area contributed by atoms with Crippen LogP contribution in [0.15, 0.2) is 158 Å². The number of fused-ring (bicyclic) bond motifs is 2. The molecular weight excluding hydrogens is 600 g/mol. The zero-order chi connectivity index (χ0) is 31.3. The SMILES string of the molecule is COc1ccccc1CNC(=S)Nc1ccc2ccccc2c1-c1c(P(c2ccccc2)c2ccccc2)ccc2ccccc12. The highest BCUT2D eigenvalue weighted by Gasteiger charge is 2.24. The molecule has 46 heavy (non-hydrogen) atoms. The molecule has 0 spiro atoms. The van der Waals surface area contributed by atoms with Crippen LogP contribution < -0.4 is 31.3 Å². The van der Waals surface area contributed by atoms with Gasteiger partial charge in [0.05, 0.1) is 7.11 Å². The quantitative estimate of drug-likeness (QED) is 0.130. The van der Waals surface area contributed by atoms with Crippen LogP contribution in [0.25, 0.3) is 32.7 Å². The molecule has 0 heterocycles. The van der Waals surface area contributed by atoms with Crippen molar-refractivity contribution in [3.8, 4) is 16.9 Å². The second-order valence-corrected chi connectivity index (χ2v) is 13.6. The Hall–Kier alpha value is -5.02. The van der Waals surface area contributed by atoms with Gasteiger partial charge >= 0.3 is 0 Å². The summed E-state index contributed by atoms with van der Waals surface area (Å²) in [6.45, 7) is 0.547. The molecule has 0 radical (unpaired) electrons. The van der Waals surface area contributed by atoms with E-state index in [0.717, 1.165) is 22.6 Å². The highest BCUT2D eigenvalue weighted by atomic mass is 32.1. The second kappa shape index (κ2) is 13.5. The molecule has 0 aliphatic heterocycles. The summed E-state index contributed by atoms with van der Waals surface area (Å²) >= 11 is 5.92. The van der Waals surface area contributed by atoms with Crippen LogP contribution in [0.1, 0.15) is 5.56 Å². The lowest BCUT2D eigenvalue weighted by Gasteiger charge is -2.26. The molecule has 0 aliphatic carbocycles. The first-order valence-corrected chi connectivity index (χ1v) is 17.1. The average molecular weight is 633 g/mol. The predicted molar refractivity (Wildman–Crippen MR) is 202 cm³/mol. The molecule has 0 bridgehead atoms. The minimum atomic E-state index is -0.885. The van der Waals surface area contributed by atoms with Crippen LogP contribution in [0, 0.1) is 0 Å². The van der Waals surface area contributed by atoms with Gasteiger partial charge in [0.2, 0.25) is 0 Å². The standard InChI is InChI=1S/C41H33N2OPS/c1-44-37-23-13-10-16-31(37)28-42-41(46)43-36-26-24-29-14-8-11-21-34(29)39(36)40-35-22-12-9-15-30(35)25-27-38(40)45(32-17-4-2-5-18-32)33-19-6-3-7-20-33/h2-27H,28H2,1H3,(H2,42,43,46). The molecule has 0 atom stereocenters. The van der Waals surface area contributed by atoms with E-state index >= 15 is 0 Å². The van der Waals surface area contributed by atoms with E-state index in [1.165, 1.54) is 43.0 Å². The minimum Gasteiger partial charge on any atom is -0.496 e. The number of ether oxygens (including phenoxy) is 1. The summed E-state index contributed by atoms with van der Waals surface area (Å²) in [5, 5.41) is 16.3. The maximum absolute atomic E-state index is 5.92. The lowest BCUT2D eigenvalue weighted by Crippen LogP contribution is -2.28. The first-order chi connectivity index (χ1) is 22.7. The molecule has 7 aromatic rings. The lowest BCUT2D eigenvalue weighted by molar-refractivity contribution is 0.409. The fourth-order valence-electron chi connectivity index (χ4n) is 6.13. The number of hydrogen-bond donors (Lipinski definition) is 2. The van der Waals surface area contributed by atoms with E-state index in [9.17, 15) is 0 Å². The predicted octanol–water partition coefficient (Wildman–Crippen LogP) is 8.91. The number of methoxy groups -OCH3 is 1. The third-order valence-corrected chi connectivity index (χ3v) is 11.0. The van der Waals surface area contributed by atoms with Crippen molar-refractivity contribution in [1.82, 2.24) is 5.32 Å². The first kappa shape index (κ1) is 29.7. The Kier molecular flexibility index (Phi) is 8.74. The summed E-state index contributed by atoms with van der Waals surface area (Å²) in [4.78, 5) is 0. The average Bonchev–Trinajstić information content (AvgIpc) is 3.12. The molecule has 3 nitrogen and oxygen atoms in total. The first-order valence-electron chi connectivity index (χ1n) is 15.3. The summed E-state index contributed by atoms with van der Waals surface area (Å²) < 4.78 is 5.57. The summed E-state index contributed by atoms with van der Waals surface area (Å²) in [6.07, 6.45) is 0. The fourth-order valence-corrected chi connectivity index (χ4v) is 8.78. The number of benzene rings is 7. The van der Waals surface area contributed by atoms with Gasteiger partial charge in [-0.25, -0.2) is 0 Å². The van der Waals surface area contributed by atoms with Gasteiger partial charge in [-0.15, -0.1) is 0 Å². The van der Waals surface area contributed by atoms with Gasteiger partial charge in [-0.1, -0.05) is 146 Å². The van der Waals surface area contributed by atoms with Crippen molar-refractivity contribution in [3.05, 3.63) is 163 Å². The number of hydrogen-bond acceptors (Lipinski definition) is 2. The van der Waals surface area contributed by atoms with Crippen molar-refractivity contribution < 1.29 is 4.74 Å². The molecule has 7 aromatic carbocycles. The molecule has 0 saturated heterocycles. The van der Waals surface area contributed by atoms with Gasteiger partial charge in [0.1, 0.15) is 5.75 Å². The molecule has 5 heteroatoms. The van der Waals surface area contributed by atoms with Gasteiger partial charge in [-0.2, -0.15) is 0 Å². The number of nitrogens with one attached hydrogen (secondary N) is 2. The molecule has 7 rings (SSSR count). The van der Waals surface area contributed by atoms with E-state index < -0.39 is 7.92 Å². The Morgan fingerprint density at radius 2 is 1.13 bits per heavy atom. The Morgan fingerprint density at radius 1 is 0.587 bits per heavy atom. The highest BCUT2D eigenvalue weighted by Crippen LogP contribution is 2.44. The van der Waals surface area contributed by atoms with Gasteiger partial charge in [-0.05, 0) is 69.7 Å². The zero-order valence-electron chi connectivity index (χ0n) is 25.5. The van der Waals surface area contributed by atoms with Gasteiger partial charge in [-0.3, -0.25) is 0 Å². The largest absolute Gasteiger partial charge is 0.496 e. The Morgan fingerprint density at radius 3 is 1.78 bits per heavy atom. The van der Waals surface area contributed by atoms with Crippen LogP contribution in [0.3, 0.4) is 0 Å². The van der Waals surface area contributed by atoms with E-state index in [2.05, 4.69) is 144 Å². The van der Waals surface area contributed by atoms with Crippen molar-refractivity contribution in [2.75, 3.05) is 12.4 Å². The molecule has 0 aromatic heterocycles. The van der Waals surface area contributed by atoms with Crippen molar-refractivity contribution in [3.63, 3.8) is 0 Å². The van der Waals surface area contributed by atoms with Crippen LogP contribution in [-0.2, 0) is 6.54 Å². The highest BCUT2D eigenvalue weighted by molar-refractivity contribution is 7.80. The lowest BCUT2D eigenvalue weighted by atomic mass is 9.92. The zero-order valence-corrected chi connectivity index (χ0v) is 27.2. The Bertz CT molecular complexity index is 2110. The maximum atomic E-state index is 5.92. The minimum absolute atomic E-state index is 0.547. The van der Waals surface area contributed by atoms with E-state index in [1.54, 1.807) is 7.11 Å². The van der Waals surface area contributed by atoms with Gasteiger partial charge in [0, 0.05) is 28.9 Å². The normalized spacial score (nSPS) is 11.1. The molecule has 0 amide bonds. The van der Waals surface area contributed by atoms with Crippen molar-refractivity contribution in [1.29, 1.82) is 0 Å². The van der Waals surface area contributed by atoms with Crippen molar-refractivity contribution >= 4 is 68.4 Å². The monoisotopic (exact) mass is 632 g/mol. The van der Waals surface area contributed by atoms with E-state index in [-0.39, 0.29) is 0 Å². The van der Waals surface area contributed by atoms with Crippen LogP contribution in [0.5, 0.6) is 5.75 Å². The smallest absolute Gasteiger partial charge is 0.171 e. The molecule has 2 N–H and O–H groups in total. The molecular formula is C41H33N2OPS. The fraction of sp³-hybridized carbons (Fsp3) is 0.0488. The third-order valence-electron chi connectivity index (χ3n) is 8.24. The molecule has 0 saturated carbocycles. The Labute approximate surface area is 276 Å². The molecule has 0 unspecified atom stereocenters. The van der Waals surface area contributed by atoms with Crippen LogP contribution >= 0.6 is 20.1 Å². The van der Waals surface area contributed by atoms with Gasteiger partial charge < -0.3 is 15.4 Å². The summed E-state index contributed by atoms with van der Waals surface area (Å²) in [5.41, 5.74) is 4.37. The molecule has 224 valence electrons. The number of para-hydroxylation sites is 1. The summed E-state index contributed by atoms with van der Waals surface area (Å²) in [6, 6.07) is 56.1. The summed E-state index contributed by atoms with van der Waals surface area (Å²) in [5.74, 6) is 0.833. The molecule has 0 fully saturated rings. The second-order valence-electron chi connectivity index (χ2n) is 11.0.